The van der Waals surface area contributed by atoms with Crippen molar-refractivity contribution >= 4 is 45.8 Å². The molecule has 10 heteroatoms. The van der Waals surface area contributed by atoms with Crippen LogP contribution in [0.1, 0.15) is 49.2 Å². The molecule has 0 aliphatic carbocycles. The molecule has 190 valence electrons. The first kappa shape index (κ1) is 27.1. The maximum absolute atomic E-state index is 12.9. The van der Waals surface area contributed by atoms with Crippen molar-refractivity contribution in [3.8, 4) is 0 Å². The van der Waals surface area contributed by atoms with Gasteiger partial charge in [0.05, 0.1) is 12.1 Å². The van der Waals surface area contributed by atoms with Crippen LogP contribution in [0.15, 0.2) is 29.6 Å². The van der Waals surface area contributed by atoms with Crippen LogP contribution >= 0.6 is 22.9 Å². The fourth-order valence-electron chi connectivity index (χ4n) is 3.98. The summed E-state index contributed by atoms with van der Waals surface area (Å²) < 4.78 is 0. The molecule has 0 atom stereocenters. The van der Waals surface area contributed by atoms with E-state index >= 15 is 0 Å². The van der Waals surface area contributed by atoms with Gasteiger partial charge in [0, 0.05) is 35.6 Å². The number of aromatic nitrogens is 1. The lowest BCUT2D eigenvalue weighted by atomic mass is 10.1. The Morgan fingerprint density at radius 2 is 1.83 bits per heavy atom. The molecule has 0 unspecified atom stereocenters. The lowest BCUT2D eigenvalue weighted by Crippen LogP contribution is -2.40. The number of hydrogen-bond donors (Lipinski definition) is 2. The highest BCUT2D eigenvalue weighted by Gasteiger charge is 2.21. The Morgan fingerprint density at radius 3 is 2.51 bits per heavy atom. The molecular weight excluding hydrogens is 486 g/mol. The van der Waals surface area contributed by atoms with Gasteiger partial charge in [0.25, 0.3) is 5.91 Å². The zero-order valence-electron chi connectivity index (χ0n) is 20.4. The number of nitrogens with zero attached hydrogens (tertiary/aromatic N) is 3. The maximum Gasteiger partial charge on any atom is 0.254 e. The standard InChI is InChI=1S/C25H34ClN5O3S/c1-18(2)15-31(24(34)19-6-8-20(26)9-7-19)16-23(33)29-25-28-21(17-35-25)14-22(32)27-10-13-30-11-4-3-5-12-30/h6-9,17-18H,3-5,10-16H2,1-2H3,(H,27,32)(H,28,29,33). The van der Waals surface area contributed by atoms with E-state index in [1.165, 1.54) is 35.5 Å². The van der Waals surface area contributed by atoms with Gasteiger partial charge >= 0.3 is 0 Å². The lowest BCUT2D eigenvalue weighted by molar-refractivity contribution is -0.120. The first-order valence-electron chi connectivity index (χ1n) is 12.1. The first-order chi connectivity index (χ1) is 16.8. The monoisotopic (exact) mass is 519 g/mol. The second-order valence-corrected chi connectivity index (χ2v) is 10.5. The van der Waals surface area contributed by atoms with Crippen molar-refractivity contribution in [3.63, 3.8) is 0 Å². The van der Waals surface area contributed by atoms with Crippen LogP contribution in [0.3, 0.4) is 0 Å². The number of amides is 3. The van der Waals surface area contributed by atoms with Crippen molar-refractivity contribution in [2.75, 3.05) is 44.6 Å². The van der Waals surface area contributed by atoms with E-state index in [9.17, 15) is 14.4 Å². The van der Waals surface area contributed by atoms with Crippen LogP contribution in [0.2, 0.25) is 5.02 Å². The van der Waals surface area contributed by atoms with E-state index in [2.05, 4.69) is 20.5 Å². The molecule has 1 aliphatic heterocycles. The molecule has 0 saturated carbocycles. The number of carbonyl (C=O) groups excluding carboxylic acids is 3. The quantitative estimate of drug-likeness (QED) is 0.472. The van der Waals surface area contributed by atoms with Gasteiger partial charge in [-0.3, -0.25) is 14.4 Å². The van der Waals surface area contributed by atoms with E-state index in [4.69, 9.17) is 11.6 Å². The minimum atomic E-state index is -0.333. The maximum atomic E-state index is 12.9. The van der Waals surface area contributed by atoms with E-state index < -0.39 is 0 Å². The average Bonchev–Trinajstić information content (AvgIpc) is 3.25. The van der Waals surface area contributed by atoms with Gasteiger partial charge in [-0.15, -0.1) is 11.3 Å². The Kier molecular flexibility index (Phi) is 10.5. The third-order valence-corrected chi connectivity index (χ3v) is 6.70. The molecule has 0 bridgehead atoms. The average molecular weight is 520 g/mol. The van der Waals surface area contributed by atoms with Crippen molar-refractivity contribution in [1.82, 2.24) is 20.1 Å². The van der Waals surface area contributed by atoms with Crippen LogP contribution in [-0.4, -0.2) is 71.8 Å². The molecule has 2 N–H and O–H groups in total. The number of thiazole rings is 1. The predicted octanol–water partition coefficient (Wildman–Crippen LogP) is 3.68. The van der Waals surface area contributed by atoms with Gasteiger partial charge < -0.3 is 20.4 Å². The highest BCUT2D eigenvalue weighted by atomic mass is 35.5. The molecule has 8 nitrogen and oxygen atoms in total. The summed E-state index contributed by atoms with van der Waals surface area (Å²) in [6, 6.07) is 6.62. The Hall–Kier alpha value is -2.49. The van der Waals surface area contributed by atoms with E-state index in [-0.39, 0.29) is 36.6 Å². The first-order valence-corrected chi connectivity index (χ1v) is 13.3. The largest absolute Gasteiger partial charge is 0.354 e. The lowest BCUT2D eigenvalue weighted by Gasteiger charge is -2.26. The molecular formula is C25H34ClN5O3S. The van der Waals surface area contributed by atoms with Gasteiger partial charge in [0.1, 0.15) is 6.54 Å². The van der Waals surface area contributed by atoms with Gasteiger partial charge in [-0.25, -0.2) is 4.98 Å². The van der Waals surface area contributed by atoms with Crippen LogP contribution in [-0.2, 0) is 16.0 Å². The predicted molar refractivity (Wildman–Crippen MR) is 140 cm³/mol. The third kappa shape index (κ3) is 9.23. The molecule has 2 heterocycles. The molecule has 1 aromatic carbocycles. The van der Waals surface area contributed by atoms with Crippen molar-refractivity contribution in [1.29, 1.82) is 0 Å². The van der Waals surface area contributed by atoms with Gasteiger partial charge in [-0.05, 0) is 56.1 Å². The topological polar surface area (TPSA) is 94.6 Å². The number of rotatable bonds is 11. The van der Waals surface area contributed by atoms with Crippen LogP contribution in [0, 0.1) is 5.92 Å². The Labute approximate surface area is 216 Å². The number of halogens is 1. The van der Waals surface area contributed by atoms with Crippen molar-refractivity contribution < 1.29 is 14.4 Å². The number of nitrogens with one attached hydrogen (secondary N) is 2. The Morgan fingerprint density at radius 1 is 1.11 bits per heavy atom. The number of anilines is 1. The molecule has 1 aliphatic rings. The second-order valence-electron chi connectivity index (χ2n) is 9.21. The Balaban J connectivity index is 1.47. The zero-order chi connectivity index (χ0) is 25.2. The molecule has 1 aromatic heterocycles. The van der Waals surface area contributed by atoms with Crippen LogP contribution in [0.4, 0.5) is 5.13 Å². The molecule has 3 rings (SSSR count). The number of carbonyl (C=O) groups is 3. The molecule has 0 spiro atoms. The number of piperidine rings is 1. The third-order valence-electron chi connectivity index (χ3n) is 5.64. The van der Waals surface area contributed by atoms with Crippen molar-refractivity contribution in [3.05, 3.63) is 45.9 Å². The summed E-state index contributed by atoms with van der Waals surface area (Å²) in [5.74, 6) is -0.452. The number of benzene rings is 1. The summed E-state index contributed by atoms with van der Waals surface area (Å²) in [6.07, 6.45) is 3.92. The van der Waals surface area contributed by atoms with E-state index in [0.717, 1.165) is 19.6 Å². The SMILES string of the molecule is CC(C)CN(CC(=O)Nc1nc(CC(=O)NCCN2CCCCC2)cs1)C(=O)c1ccc(Cl)cc1. The fraction of sp³-hybridized carbons (Fsp3) is 0.520. The van der Waals surface area contributed by atoms with Crippen molar-refractivity contribution in [2.45, 2.75) is 39.5 Å². The highest BCUT2D eigenvalue weighted by molar-refractivity contribution is 7.13. The Bertz CT molecular complexity index is 989. The smallest absolute Gasteiger partial charge is 0.254 e. The zero-order valence-corrected chi connectivity index (χ0v) is 22.0. The second kappa shape index (κ2) is 13.6. The minimum absolute atomic E-state index is 0.0816. The summed E-state index contributed by atoms with van der Waals surface area (Å²) >= 11 is 7.19. The van der Waals surface area contributed by atoms with E-state index in [1.807, 2.05) is 13.8 Å². The van der Waals surface area contributed by atoms with Gasteiger partial charge in [0.2, 0.25) is 11.8 Å². The van der Waals surface area contributed by atoms with Crippen LogP contribution in [0.5, 0.6) is 0 Å². The van der Waals surface area contributed by atoms with Gasteiger partial charge in [0.15, 0.2) is 5.13 Å². The highest BCUT2D eigenvalue weighted by Crippen LogP contribution is 2.17. The summed E-state index contributed by atoms with van der Waals surface area (Å²) in [5.41, 5.74) is 1.09. The summed E-state index contributed by atoms with van der Waals surface area (Å²) in [7, 11) is 0. The molecule has 0 radical (unpaired) electrons. The summed E-state index contributed by atoms with van der Waals surface area (Å²) in [6.45, 7) is 8.03. The van der Waals surface area contributed by atoms with Crippen LogP contribution < -0.4 is 10.6 Å². The van der Waals surface area contributed by atoms with E-state index in [0.29, 0.717) is 34.5 Å². The van der Waals surface area contributed by atoms with Crippen LogP contribution in [0.25, 0.3) is 0 Å². The molecule has 1 fully saturated rings. The van der Waals surface area contributed by atoms with Gasteiger partial charge in [-0.2, -0.15) is 0 Å². The summed E-state index contributed by atoms with van der Waals surface area (Å²) in [5, 5.41) is 8.43. The molecule has 1 saturated heterocycles. The fourth-order valence-corrected chi connectivity index (χ4v) is 4.83. The molecule has 2 aromatic rings. The van der Waals surface area contributed by atoms with Crippen molar-refractivity contribution in [2.24, 2.45) is 5.92 Å². The minimum Gasteiger partial charge on any atom is -0.354 e. The summed E-state index contributed by atoms with van der Waals surface area (Å²) in [4.78, 5) is 46.1. The number of hydrogen-bond acceptors (Lipinski definition) is 6. The van der Waals surface area contributed by atoms with Gasteiger partial charge in [-0.1, -0.05) is 31.9 Å². The van der Waals surface area contributed by atoms with E-state index in [1.54, 1.807) is 29.6 Å². The normalized spacial score (nSPS) is 14.1. The molecule has 35 heavy (non-hydrogen) atoms. The number of likely N-dealkylation sites (tertiary alicyclic amines) is 1. The molecule has 3 amide bonds.